The third-order valence-corrected chi connectivity index (χ3v) is 2.59. The molecule has 0 fully saturated rings. The summed E-state index contributed by atoms with van der Waals surface area (Å²) in [7, 11) is 0. The van der Waals surface area contributed by atoms with Crippen LogP contribution in [0.2, 0.25) is 0 Å². The molecule has 2 atom stereocenters. The molecule has 2 unspecified atom stereocenters. The predicted octanol–water partition coefficient (Wildman–Crippen LogP) is 0.142. The topological polar surface area (TPSA) is 74.6 Å². The van der Waals surface area contributed by atoms with Crippen LogP contribution < -0.4 is 0 Å². The van der Waals surface area contributed by atoms with E-state index in [0.717, 1.165) is 0 Å². The maximum absolute atomic E-state index is 10.4. The van der Waals surface area contributed by atoms with Crippen molar-refractivity contribution in [3.63, 3.8) is 0 Å². The third kappa shape index (κ3) is 2.30. The van der Waals surface area contributed by atoms with Gasteiger partial charge in [-0.25, -0.2) is 0 Å². The fourth-order valence-electron chi connectivity index (χ4n) is 0.357. The second kappa shape index (κ2) is 3.36. The molecular weight excluding hydrogens is 188 g/mol. The van der Waals surface area contributed by atoms with Crippen molar-refractivity contribution in [3.8, 4) is 0 Å². The Kier molecular flexibility index (Phi) is 3.25. The van der Waals surface area contributed by atoms with Crippen LogP contribution in [0.1, 0.15) is 6.92 Å². The van der Waals surface area contributed by atoms with E-state index in [4.69, 9.17) is 10.2 Å². The van der Waals surface area contributed by atoms with Crippen LogP contribution in [0.5, 0.6) is 0 Å². The number of hydrogen-bond donors (Lipinski definition) is 4. The maximum Gasteiger partial charge on any atom is 0.320 e. The van der Waals surface area contributed by atoms with E-state index in [2.05, 4.69) is 25.3 Å². The molecule has 0 amide bonds. The molecular formula is C5H8O4S2. The largest absolute Gasteiger partial charge is 0.480 e. The molecule has 0 heterocycles. The van der Waals surface area contributed by atoms with Gasteiger partial charge in [0.05, 0.1) is 0 Å². The number of thiol groups is 2. The Morgan fingerprint density at radius 2 is 1.82 bits per heavy atom. The van der Waals surface area contributed by atoms with Gasteiger partial charge in [0.25, 0.3) is 0 Å². The van der Waals surface area contributed by atoms with E-state index in [1.807, 2.05) is 0 Å². The molecule has 64 valence electrons. The number of aliphatic carboxylic acids is 2. The first kappa shape index (κ1) is 10.6. The Morgan fingerprint density at radius 3 is 1.91 bits per heavy atom. The van der Waals surface area contributed by atoms with Crippen molar-refractivity contribution in [2.24, 2.45) is 0 Å². The Bertz CT molecular complexity index is 189. The number of carbonyl (C=O) groups is 2. The summed E-state index contributed by atoms with van der Waals surface area (Å²) in [4.78, 5) is 20.6. The number of carboxylic acid groups (broad SMARTS) is 2. The molecule has 0 bridgehead atoms. The summed E-state index contributed by atoms with van der Waals surface area (Å²) in [6.45, 7) is 1.18. The van der Waals surface area contributed by atoms with E-state index in [1.165, 1.54) is 6.92 Å². The van der Waals surface area contributed by atoms with Gasteiger partial charge in [-0.15, -0.1) is 0 Å². The van der Waals surface area contributed by atoms with Gasteiger partial charge in [-0.1, -0.05) is 0 Å². The molecule has 6 heteroatoms. The first-order chi connectivity index (χ1) is 4.80. The van der Waals surface area contributed by atoms with Crippen molar-refractivity contribution in [1.29, 1.82) is 0 Å². The van der Waals surface area contributed by atoms with Gasteiger partial charge in [-0.3, -0.25) is 9.59 Å². The third-order valence-electron chi connectivity index (χ3n) is 1.20. The van der Waals surface area contributed by atoms with Gasteiger partial charge in [0.2, 0.25) is 0 Å². The summed E-state index contributed by atoms with van der Waals surface area (Å²) in [5, 5.41) is 15.5. The normalized spacial score (nSPS) is 18.5. The molecule has 2 N–H and O–H groups in total. The molecule has 0 aromatic heterocycles. The number of hydrogen-bond acceptors (Lipinski definition) is 4. The van der Waals surface area contributed by atoms with Crippen molar-refractivity contribution < 1.29 is 19.8 Å². The fraction of sp³-hybridized carbons (Fsp3) is 0.600. The highest BCUT2D eigenvalue weighted by atomic mass is 32.1. The first-order valence-corrected chi connectivity index (χ1v) is 3.63. The second-order valence-electron chi connectivity index (χ2n) is 2.19. The van der Waals surface area contributed by atoms with E-state index < -0.39 is 21.9 Å². The van der Waals surface area contributed by atoms with Crippen LogP contribution in [0.25, 0.3) is 0 Å². The minimum Gasteiger partial charge on any atom is -0.480 e. The van der Waals surface area contributed by atoms with E-state index >= 15 is 0 Å². The summed E-state index contributed by atoms with van der Waals surface area (Å²) >= 11 is 7.25. The average Bonchev–Trinajstić information content (AvgIpc) is 1.85. The van der Waals surface area contributed by atoms with Crippen LogP contribution >= 0.6 is 25.3 Å². The maximum atomic E-state index is 10.4. The van der Waals surface area contributed by atoms with Gasteiger partial charge in [0.1, 0.15) is 10.00 Å². The molecule has 0 saturated heterocycles. The van der Waals surface area contributed by atoms with Crippen molar-refractivity contribution in [1.82, 2.24) is 0 Å². The summed E-state index contributed by atoms with van der Waals surface area (Å²) < 4.78 is -1.64. The summed E-state index contributed by atoms with van der Waals surface area (Å²) in [6.07, 6.45) is 0. The van der Waals surface area contributed by atoms with Crippen LogP contribution in [0, 0.1) is 0 Å². The first-order valence-electron chi connectivity index (χ1n) is 2.66. The Labute approximate surface area is 74.4 Å². The van der Waals surface area contributed by atoms with Gasteiger partial charge in [0, 0.05) is 0 Å². The van der Waals surface area contributed by atoms with Crippen LogP contribution in [0.4, 0.5) is 0 Å². The number of rotatable bonds is 3. The quantitative estimate of drug-likeness (QED) is 0.484. The van der Waals surface area contributed by atoms with Crippen molar-refractivity contribution in [2.45, 2.75) is 16.9 Å². The van der Waals surface area contributed by atoms with Gasteiger partial charge in [0.15, 0.2) is 0 Å². The zero-order chi connectivity index (χ0) is 9.23. The Morgan fingerprint density at radius 1 is 1.45 bits per heavy atom. The zero-order valence-electron chi connectivity index (χ0n) is 5.68. The van der Waals surface area contributed by atoms with Gasteiger partial charge in [-0.2, -0.15) is 25.3 Å². The van der Waals surface area contributed by atoms with Crippen molar-refractivity contribution >= 4 is 37.2 Å². The second-order valence-corrected chi connectivity index (χ2v) is 3.64. The Hall–Kier alpha value is -0.360. The summed E-state index contributed by atoms with van der Waals surface area (Å²) in [5.74, 6) is -2.60. The molecule has 0 aliphatic heterocycles. The Balaban J connectivity index is 4.55. The lowest BCUT2D eigenvalue weighted by Gasteiger charge is -2.21. The van der Waals surface area contributed by atoms with E-state index in [1.54, 1.807) is 0 Å². The SMILES string of the molecule is CC(S)(C(=O)O)C(S)C(=O)O. The monoisotopic (exact) mass is 196 g/mol. The van der Waals surface area contributed by atoms with Crippen LogP contribution in [0.3, 0.4) is 0 Å². The van der Waals surface area contributed by atoms with Crippen molar-refractivity contribution in [3.05, 3.63) is 0 Å². The lowest BCUT2D eigenvalue weighted by atomic mass is 10.1. The summed E-state index contributed by atoms with van der Waals surface area (Å²) in [5.41, 5.74) is 0. The minimum absolute atomic E-state index is 1.18. The van der Waals surface area contributed by atoms with Gasteiger partial charge >= 0.3 is 11.9 Å². The van der Waals surface area contributed by atoms with Gasteiger partial charge in [-0.05, 0) is 6.92 Å². The van der Waals surface area contributed by atoms with Gasteiger partial charge < -0.3 is 10.2 Å². The smallest absolute Gasteiger partial charge is 0.320 e. The predicted molar refractivity (Wildman–Crippen MR) is 45.4 cm³/mol. The lowest BCUT2D eigenvalue weighted by molar-refractivity contribution is -0.145. The zero-order valence-corrected chi connectivity index (χ0v) is 7.47. The van der Waals surface area contributed by atoms with E-state index in [-0.39, 0.29) is 0 Å². The molecule has 0 spiro atoms. The highest BCUT2D eigenvalue weighted by Crippen LogP contribution is 2.23. The molecule has 0 aliphatic rings. The standard InChI is InChI=1S/C5H8O4S2/c1-5(11,4(8)9)2(10)3(6)7/h2,10-11H,1H3,(H,6,7)(H,8,9). The molecule has 0 radical (unpaired) electrons. The highest BCUT2D eigenvalue weighted by Gasteiger charge is 2.40. The molecule has 0 saturated carbocycles. The molecule has 0 aliphatic carbocycles. The van der Waals surface area contributed by atoms with Crippen molar-refractivity contribution in [2.75, 3.05) is 0 Å². The van der Waals surface area contributed by atoms with Crippen LogP contribution in [0.15, 0.2) is 0 Å². The number of carboxylic acids is 2. The summed E-state index contributed by atoms with van der Waals surface area (Å²) in [6, 6.07) is 0. The molecule has 0 aromatic carbocycles. The average molecular weight is 196 g/mol. The molecule has 11 heavy (non-hydrogen) atoms. The van der Waals surface area contributed by atoms with E-state index in [0.29, 0.717) is 0 Å². The highest BCUT2D eigenvalue weighted by molar-refractivity contribution is 7.87. The minimum atomic E-state index is -1.64. The molecule has 0 rings (SSSR count). The lowest BCUT2D eigenvalue weighted by Crippen LogP contribution is -2.43. The molecule has 0 aromatic rings. The van der Waals surface area contributed by atoms with Crippen LogP contribution in [-0.4, -0.2) is 32.1 Å². The molecule has 4 nitrogen and oxygen atoms in total. The van der Waals surface area contributed by atoms with Crippen LogP contribution in [-0.2, 0) is 9.59 Å². The van der Waals surface area contributed by atoms with E-state index in [9.17, 15) is 9.59 Å². The fourth-order valence-corrected chi connectivity index (χ4v) is 0.578.